The van der Waals surface area contributed by atoms with Crippen molar-refractivity contribution in [3.8, 4) is 11.1 Å². The maximum atomic E-state index is 15.6. The zero-order valence-electron chi connectivity index (χ0n) is 60.6. The van der Waals surface area contributed by atoms with Crippen molar-refractivity contribution in [1.82, 2.24) is 39.2 Å². The molecule has 0 saturated carbocycles. The van der Waals surface area contributed by atoms with Crippen LogP contribution < -0.4 is 9.80 Å². The fourth-order valence-electron chi connectivity index (χ4n) is 14.6. The molecule has 0 N–H and O–H groups in total. The van der Waals surface area contributed by atoms with E-state index in [0.717, 1.165) is 114 Å². The highest BCUT2D eigenvalue weighted by Crippen LogP contribution is 2.33. The number of anilines is 2. The molecule has 0 aromatic heterocycles. The van der Waals surface area contributed by atoms with E-state index in [0.29, 0.717) is 96.2 Å². The number of carbonyl (C=O) groups excluding carboxylic acids is 5. The van der Waals surface area contributed by atoms with E-state index in [1.807, 2.05) is 130 Å². The summed E-state index contributed by atoms with van der Waals surface area (Å²) in [6.45, 7) is 16.3. The molecule has 0 bridgehead atoms. The van der Waals surface area contributed by atoms with Crippen LogP contribution in [0.15, 0.2) is 218 Å². The summed E-state index contributed by atoms with van der Waals surface area (Å²) in [5, 5.41) is 0. The number of hydrogen-bond donors (Lipinski definition) is 0. The molecule has 0 spiro atoms. The van der Waals surface area contributed by atoms with Gasteiger partial charge in [-0.3, -0.25) is 33.8 Å². The van der Waals surface area contributed by atoms with Gasteiger partial charge < -0.3 is 39.2 Å². The van der Waals surface area contributed by atoms with Crippen LogP contribution in [0.1, 0.15) is 69.5 Å². The Balaban J connectivity index is 0.774. The Morgan fingerprint density at radius 2 is 0.748 bits per heavy atom. The number of piperazine rings is 4. The molecule has 4 saturated heterocycles. The second kappa shape index (κ2) is 35.4. The van der Waals surface area contributed by atoms with Crippen molar-refractivity contribution in [3.05, 3.63) is 274 Å². The first-order valence-corrected chi connectivity index (χ1v) is 36.9. The molecule has 4 aliphatic heterocycles. The van der Waals surface area contributed by atoms with Gasteiger partial charge in [0.25, 0.3) is 0 Å². The smallest absolute Gasteiger partial charge is 0.369 e. The Labute approximate surface area is 623 Å². The monoisotopic (exact) mass is 1460 g/mol. The lowest BCUT2D eigenvalue weighted by Gasteiger charge is -2.39. The number of rotatable bonds is 24. The second-order valence-electron chi connectivity index (χ2n) is 28.1. The van der Waals surface area contributed by atoms with Crippen molar-refractivity contribution in [3.63, 3.8) is 0 Å². The zero-order valence-corrected chi connectivity index (χ0v) is 60.6. The van der Waals surface area contributed by atoms with Gasteiger partial charge in [-0.15, -0.1) is 0 Å². The van der Waals surface area contributed by atoms with Gasteiger partial charge in [-0.05, 0) is 129 Å². The number of halogens is 6. The number of benzene rings is 8. The maximum absolute atomic E-state index is 15.6. The Morgan fingerprint density at radius 3 is 1.17 bits per heavy atom. The molecule has 4 fully saturated rings. The van der Waals surface area contributed by atoms with Crippen molar-refractivity contribution >= 4 is 53.1 Å². The summed E-state index contributed by atoms with van der Waals surface area (Å²) in [6.07, 6.45) is -3.07. The van der Waals surface area contributed by atoms with Gasteiger partial charge >= 0.3 is 12.4 Å². The minimum atomic E-state index is -4.53. The number of carbonyl (C=O) groups is 5. The molecule has 15 nitrogen and oxygen atoms in total. The van der Waals surface area contributed by atoms with Crippen LogP contribution in [0.4, 0.5) is 37.7 Å². The molecule has 21 heteroatoms. The summed E-state index contributed by atoms with van der Waals surface area (Å²) < 4.78 is 81.7. The van der Waals surface area contributed by atoms with E-state index in [-0.39, 0.29) is 43.7 Å². The lowest BCUT2D eigenvalue weighted by atomic mass is 9.96. The molecule has 8 aromatic carbocycles. The predicted octanol–water partition coefficient (Wildman–Crippen LogP) is 13.2. The minimum absolute atomic E-state index is 0.0322. The lowest BCUT2D eigenvalue weighted by molar-refractivity contribution is -0.145. The van der Waals surface area contributed by atoms with Crippen molar-refractivity contribution in [2.45, 2.75) is 77.3 Å². The average Bonchev–Trinajstić information content (AvgIpc) is 0.809. The first kappa shape index (κ1) is 76.3. The highest BCUT2D eigenvalue weighted by atomic mass is 19.4. The first-order valence-electron chi connectivity index (χ1n) is 36.9. The highest BCUT2D eigenvalue weighted by molar-refractivity contribution is 5.97. The Bertz CT molecular complexity index is 4340. The molecule has 4 heterocycles. The van der Waals surface area contributed by atoms with Crippen LogP contribution in [0, 0.1) is 0 Å². The Morgan fingerprint density at radius 1 is 0.383 bits per heavy atom. The molecule has 5 amide bonds. The van der Waals surface area contributed by atoms with E-state index in [1.54, 1.807) is 16.7 Å². The number of nitrogens with zero attached hydrogens (tertiary/aromatic N) is 10. The number of alkyl halides is 6. The third kappa shape index (κ3) is 20.6. The van der Waals surface area contributed by atoms with E-state index < -0.39 is 47.4 Å². The van der Waals surface area contributed by atoms with Crippen molar-refractivity contribution in [2.75, 3.05) is 121 Å². The van der Waals surface area contributed by atoms with Gasteiger partial charge in [-0.25, -0.2) is 0 Å². The van der Waals surface area contributed by atoms with Crippen molar-refractivity contribution in [2.24, 2.45) is 0 Å². The number of amides is 5. The second-order valence-corrected chi connectivity index (χ2v) is 28.1. The first-order chi connectivity index (χ1) is 51.7. The zero-order chi connectivity index (χ0) is 75.0. The molecule has 107 heavy (non-hydrogen) atoms. The summed E-state index contributed by atoms with van der Waals surface area (Å²) in [5.74, 6) is -1.36. The van der Waals surface area contributed by atoms with Gasteiger partial charge in [0.15, 0.2) is 0 Å². The number of hydrogen-bond acceptors (Lipinski definition) is 10. The minimum Gasteiger partial charge on any atom is -0.369 e. The van der Waals surface area contributed by atoms with Crippen LogP contribution in [0.2, 0.25) is 0 Å². The Hall–Kier alpha value is -10.4. The standard InChI is InChI=1S/C86H92F6N10O5/c1-3-93-40-46-97(47-41-93)77-34-24-70(25-35-77)63-102(82(105)39-29-66-22-32-76(33-23-66)86(90,91)92)80(84(107)100-48-42-94(43-49-100)60-68-14-8-5-9-15-68)59-71-16-10-18-73(56-71)74-19-11-17-72(57-74)61-95-44-50-99(51-45-95)83(106)79(58-67-12-6-4-7-13-67)101(81(104)38-28-65-20-30-75(31-21-65)85(87,88)89)62-69-26-36-78(37-27-69)98-54-52-96(53-55-98)64(2)103/h4-39,56-57,79-80H,3,40-55,58-63H2,1-2H3/b38-28+,39-29+/t79-,80-/m0/s1. The third-order valence-corrected chi connectivity index (χ3v) is 21.0. The maximum Gasteiger partial charge on any atom is 0.416 e. The third-order valence-electron chi connectivity index (χ3n) is 21.0. The molecule has 558 valence electrons. The van der Waals surface area contributed by atoms with E-state index in [4.69, 9.17) is 0 Å². The van der Waals surface area contributed by atoms with E-state index in [1.165, 1.54) is 54.1 Å². The average molecular weight is 1460 g/mol. The predicted molar refractivity (Wildman–Crippen MR) is 407 cm³/mol. The van der Waals surface area contributed by atoms with Crippen molar-refractivity contribution < 1.29 is 50.3 Å². The lowest BCUT2D eigenvalue weighted by Crippen LogP contribution is -2.56. The van der Waals surface area contributed by atoms with Gasteiger partial charge in [-0.2, -0.15) is 26.3 Å². The normalized spacial score (nSPS) is 16.5. The van der Waals surface area contributed by atoms with Gasteiger partial charge in [-0.1, -0.05) is 159 Å². The van der Waals surface area contributed by atoms with Gasteiger partial charge in [0.2, 0.25) is 29.5 Å². The molecule has 0 radical (unpaired) electrons. The molecule has 0 aliphatic carbocycles. The van der Waals surface area contributed by atoms with Gasteiger partial charge in [0.05, 0.1) is 11.1 Å². The van der Waals surface area contributed by atoms with Crippen LogP contribution >= 0.6 is 0 Å². The van der Waals surface area contributed by atoms with Crippen LogP contribution in [0.3, 0.4) is 0 Å². The van der Waals surface area contributed by atoms with Gasteiger partial charge in [0.1, 0.15) is 12.1 Å². The fraction of sp³-hybridized carbons (Fsp3) is 0.337. The summed E-state index contributed by atoms with van der Waals surface area (Å²) in [7, 11) is 0. The topological polar surface area (TPSA) is 118 Å². The summed E-state index contributed by atoms with van der Waals surface area (Å²) in [5.41, 5.74) is 8.46. The van der Waals surface area contributed by atoms with E-state index >= 15 is 14.4 Å². The highest BCUT2D eigenvalue weighted by Gasteiger charge is 2.38. The molecular formula is C86H92F6N10O5. The molecule has 0 unspecified atom stereocenters. The molecule has 2 atom stereocenters. The van der Waals surface area contributed by atoms with Crippen LogP contribution in [-0.4, -0.2) is 192 Å². The summed E-state index contributed by atoms with van der Waals surface area (Å²) in [4.78, 5) is 93.1. The van der Waals surface area contributed by atoms with Crippen LogP contribution in [-0.2, 0) is 75.3 Å². The molecule has 8 aromatic rings. The number of likely N-dealkylation sites (N-methyl/N-ethyl adjacent to an activating group) is 1. The summed E-state index contributed by atoms with van der Waals surface area (Å²) in [6, 6.07) is 59.2. The summed E-state index contributed by atoms with van der Waals surface area (Å²) >= 11 is 0. The van der Waals surface area contributed by atoms with Crippen molar-refractivity contribution in [1.29, 1.82) is 0 Å². The van der Waals surface area contributed by atoms with Gasteiger partial charge in [0, 0.05) is 174 Å². The SMILES string of the molecule is CCN1CCN(c2ccc(CN(C(=O)/C=C/c3ccc(C(F)(F)F)cc3)[C@@H](Cc3cccc(-c4cccc(CN5CCN(C(=O)[C@H](Cc6ccccc6)N(Cc6ccc(N7CCN(C(C)=O)CC7)cc6)C(=O)/C=C/c6ccc(C(F)(F)F)cc6)CC5)c4)c3)C(=O)N3CCN(Cc4ccccc4)CC3)cc2)CC1. The molecule has 12 rings (SSSR count). The molecular weight excluding hydrogens is 1370 g/mol. The largest absolute Gasteiger partial charge is 0.416 e. The Kier molecular flexibility index (Phi) is 25.2. The van der Waals surface area contributed by atoms with Crippen LogP contribution in [0.5, 0.6) is 0 Å². The van der Waals surface area contributed by atoms with E-state index in [9.17, 15) is 35.9 Å². The van der Waals surface area contributed by atoms with Crippen LogP contribution in [0.25, 0.3) is 23.3 Å². The fourth-order valence-corrected chi connectivity index (χ4v) is 14.6. The molecule has 4 aliphatic rings. The van der Waals surface area contributed by atoms with E-state index in [2.05, 4.69) is 73.9 Å². The quantitative estimate of drug-likeness (QED) is 0.0427.